The Labute approximate surface area is 113 Å². The van der Waals surface area contributed by atoms with Crippen LogP contribution in [0.25, 0.3) is 0 Å². The van der Waals surface area contributed by atoms with Crippen molar-refractivity contribution in [2.45, 2.75) is 39.7 Å². The molecule has 1 atom stereocenters. The Morgan fingerprint density at radius 2 is 1.79 bits per heavy atom. The van der Waals surface area contributed by atoms with Gasteiger partial charge >= 0.3 is 12.0 Å². The van der Waals surface area contributed by atoms with E-state index in [2.05, 4.69) is 16.0 Å². The highest BCUT2D eigenvalue weighted by Crippen LogP contribution is 1.96. The van der Waals surface area contributed by atoms with Crippen molar-refractivity contribution < 1.29 is 19.5 Å². The number of nitrogens with one attached hydrogen (secondary N) is 3. The summed E-state index contributed by atoms with van der Waals surface area (Å²) in [6.07, 6.45) is 0.378. The van der Waals surface area contributed by atoms with Crippen molar-refractivity contribution in [3.05, 3.63) is 0 Å². The zero-order chi connectivity index (χ0) is 14.8. The lowest BCUT2D eigenvalue weighted by atomic mass is 10.1. The minimum absolute atomic E-state index is 0.123. The first-order valence-electron chi connectivity index (χ1n) is 6.38. The zero-order valence-corrected chi connectivity index (χ0v) is 11.7. The lowest BCUT2D eigenvalue weighted by Crippen LogP contribution is -2.46. The SMILES string of the molecule is CCC(CC(=O)O)NC(=O)NCC(=O)NCC(C)C. The molecule has 0 aliphatic heterocycles. The maximum Gasteiger partial charge on any atom is 0.315 e. The predicted octanol–water partition coefficient (Wildman–Crippen LogP) is 0.311. The molecule has 0 aromatic rings. The fourth-order valence-corrected chi connectivity index (χ4v) is 1.29. The Hall–Kier alpha value is -1.79. The number of hydrogen-bond donors (Lipinski definition) is 4. The molecule has 0 saturated carbocycles. The van der Waals surface area contributed by atoms with Crippen LogP contribution in [0.1, 0.15) is 33.6 Å². The topological polar surface area (TPSA) is 108 Å². The van der Waals surface area contributed by atoms with Gasteiger partial charge in [-0.05, 0) is 12.3 Å². The Morgan fingerprint density at radius 1 is 1.16 bits per heavy atom. The molecular formula is C12H23N3O4. The smallest absolute Gasteiger partial charge is 0.315 e. The van der Waals surface area contributed by atoms with Gasteiger partial charge in [-0.3, -0.25) is 9.59 Å². The van der Waals surface area contributed by atoms with Crippen molar-refractivity contribution in [1.82, 2.24) is 16.0 Å². The molecule has 0 aromatic carbocycles. The van der Waals surface area contributed by atoms with E-state index in [-0.39, 0.29) is 18.9 Å². The molecule has 1 unspecified atom stereocenters. The van der Waals surface area contributed by atoms with Crippen molar-refractivity contribution >= 4 is 17.9 Å². The maximum absolute atomic E-state index is 11.4. The van der Waals surface area contributed by atoms with E-state index in [1.807, 2.05) is 13.8 Å². The number of urea groups is 1. The van der Waals surface area contributed by atoms with E-state index < -0.39 is 18.0 Å². The number of rotatable bonds is 8. The second-order valence-electron chi connectivity index (χ2n) is 4.73. The standard InChI is InChI=1S/C12H23N3O4/c1-4-9(5-11(17)18)15-12(19)14-7-10(16)13-6-8(2)3/h8-9H,4-7H2,1-3H3,(H,13,16)(H,17,18)(H2,14,15,19). The first-order valence-corrected chi connectivity index (χ1v) is 6.38. The molecule has 0 heterocycles. The summed E-state index contributed by atoms with van der Waals surface area (Å²) in [4.78, 5) is 33.3. The number of hydrogen-bond acceptors (Lipinski definition) is 3. The van der Waals surface area contributed by atoms with E-state index in [1.54, 1.807) is 6.92 Å². The first-order chi connectivity index (χ1) is 8.85. The predicted molar refractivity (Wildman–Crippen MR) is 70.7 cm³/mol. The van der Waals surface area contributed by atoms with Crippen LogP contribution in [-0.2, 0) is 9.59 Å². The minimum atomic E-state index is -0.971. The summed E-state index contributed by atoms with van der Waals surface area (Å²) >= 11 is 0. The summed E-state index contributed by atoms with van der Waals surface area (Å²) in [5.74, 6) is -0.894. The molecule has 0 saturated heterocycles. The summed E-state index contributed by atoms with van der Waals surface area (Å²) in [6, 6.07) is -0.968. The summed E-state index contributed by atoms with van der Waals surface area (Å²) in [6.45, 7) is 6.15. The molecule has 0 aliphatic carbocycles. The molecule has 0 aliphatic rings. The number of amides is 3. The van der Waals surface area contributed by atoms with Crippen LogP contribution in [-0.4, -0.2) is 42.1 Å². The monoisotopic (exact) mass is 273 g/mol. The molecule has 19 heavy (non-hydrogen) atoms. The fourth-order valence-electron chi connectivity index (χ4n) is 1.29. The van der Waals surface area contributed by atoms with Crippen LogP contribution in [0, 0.1) is 5.92 Å². The molecule has 0 rings (SSSR count). The van der Waals surface area contributed by atoms with Gasteiger partial charge in [-0.1, -0.05) is 20.8 Å². The Bertz CT molecular complexity index is 318. The number of carbonyl (C=O) groups is 3. The van der Waals surface area contributed by atoms with Gasteiger partial charge in [0.15, 0.2) is 0 Å². The van der Waals surface area contributed by atoms with Gasteiger partial charge in [0.2, 0.25) is 5.91 Å². The molecule has 7 heteroatoms. The number of carbonyl (C=O) groups excluding carboxylic acids is 2. The third-order valence-electron chi connectivity index (χ3n) is 2.37. The van der Waals surface area contributed by atoms with Crippen LogP contribution >= 0.6 is 0 Å². The van der Waals surface area contributed by atoms with Crippen molar-refractivity contribution in [2.24, 2.45) is 5.92 Å². The lowest BCUT2D eigenvalue weighted by molar-refractivity contribution is -0.137. The first kappa shape index (κ1) is 17.2. The average Bonchev–Trinajstić information content (AvgIpc) is 2.32. The third kappa shape index (κ3) is 9.87. The molecule has 4 N–H and O–H groups in total. The molecule has 0 fully saturated rings. The molecule has 0 radical (unpaired) electrons. The molecule has 0 aromatic heterocycles. The summed E-state index contributed by atoms with van der Waals surface area (Å²) in [5, 5.41) is 16.2. The van der Waals surface area contributed by atoms with E-state index in [4.69, 9.17) is 5.11 Å². The highest BCUT2D eigenvalue weighted by molar-refractivity contribution is 5.84. The van der Waals surface area contributed by atoms with E-state index in [0.717, 1.165) is 0 Å². The number of aliphatic carboxylic acids is 1. The van der Waals surface area contributed by atoms with E-state index in [0.29, 0.717) is 18.9 Å². The second-order valence-corrected chi connectivity index (χ2v) is 4.73. The summed E-state index contributed by atoms with van der Waals surface area (Å²) in [5.41, 5.74) is 0. The fraction of sp³-hybridized carbons (Fsp3) is 0.750. The highest BCUT2D eigenvalue weighted by Gasteiger charge is 2.14. The van der Waals surface area contributed by atoms with Gasteiger partial charge in [-0.2, -0.15) is 0 Å². The Kier molecular flexibility index (Phi) is 8.32. The Morgan fingerprint density at radius 3 is 2.26 bits per heavy atom. The van der Waals surface area contributed by atoms with Crippen LogP contribution in [0.5, 0.6) is 0 Å². The van der Waals surface area contributed by atoms with Crippen LogP contribution in [0.2, 0.25) is 0 Å². The van der Waals surface area contributed by atoms with Gasteiger partial charge in [-0.15, -0.1) is 0 Å². The van der Waals surface area contributed by atoms with Gasteiger partial charge in [0.1, 0.15) is 0 Å². The molecule has 0 bridgehead atoms. The molecule has 0 spiro atoms. The quantitative estimate of drug-likeness (QED) is 0.510. The van der Waals surface area contributed by atoms with Crippen molar-refractivity contribution in [1.29, 1.82) is 0 Å². The molecular weight excluding hydrogens is 250 g/mol. The lowest BCUT2D eigenvalue weighted by Gasteiger charge is -2.15. The number of carboxylic acids is 1. The average molecular weight is 273 g/mol. The van der Waals surface area contributed by atoms with Crippen LogP contribution < -0.4 is 16.0 Å². The second kappa shape index (κ2) is 9.18. The van der Waals surface area contributed by atoms with E-state index in [9.17, 15) is 14.4 Å². The largest absolute Gasteiger partial charge is 0.481 e. The van der Waals surface area contributed by atoms with Crippen molar-refractivity contribution in [3.63, 3.8) is 0 Å². The van der Waals surface area contributed by atoms with Gasteiger partial charge in [0, 0.05) is 12.6 Å². The van der Waals surface area contributed by atoms with E-state index >= 15 is 0 Å². The zero-order valence-electron chi connectivity index (χ0n) is 11.7. The Balaban J connectivity index is 3.90. The highest BCUT2D eigenvalue weighted by atomic mass is 16.4. The van der Waals surface area contributed by atoms with Gasteiger partial charge in [0.25, 0.3) is 0 Å². The molecule has 7 nitrogen and oxygen atoms in total. The number of carboxylic acid groups (broad SMARTS) is 1. The molecule has 110 valence electrons. The summed E-state index contributed by atoms with van der Waals surface area (Å²) in [7, 11) is 0. The van der Waals surface area contributed by atoms with Crippen molar-refractivity contribution in [2.75, 3.05) is 13.1 Å². The van der Waals surface area contributed by atoms with E-state index in [1.165, 1.54) is 0 Å². The van der Waals surface area contributed by atoms with Crippen LogP contribution in [0.15, 0.2) is 0 Å². The molecule has 3 amide bonds. The maximum atomic E-state index is 11.4. The third-order valence-corrected chi connectivity index (χ3v) is 2.37. The van der Waals surface area contributed by atoms with Gasteiger partial charge in [-0.25, -0.2) is 4.79 Å². The van der Waals surface area contributed by atoms with Gasteiger partial charge < -0.3 is 21.1 Å². The van der Waals surface area contributed by atoms with Crippen LogP contribution in [0.4, 0.5) is 4.79 Å². The van der Waals surface area contributed by atoms with Gasteiger partial charge in [0.05, 0.1) is 13.0 Å². The summed E-state index contributed by atoms with van der Waals surface area (Å²) < 4.78 is 0. The minimum Gasteiger partial charge on any atom is -0.481 e. The van der Waals surface area contributed by atoms with Crippen molar-refractivity contribution in [3.8, 4) is 0 Å². The van der Waals surface area contributed by atoms with Crippen LogP contribution in [0.3, 0.4) is 0 Å². The normalized spacial score (nSPS) is 11.8.